The third-order valence-corrected chi connectivity index (χ3v) is 8.15. The lowest BCUT2D eigenvalue weighted by Gasteiger charge is -2.39. The molecule has 1 saturated heterocycles. The summed E-state index contributed by atoms with van der Waals surface area (Å²) in [6.45, 7) is 7.36. The molecule has 0 amide bonds. The van der Waals surface area contributed by atoms with E-state index in [1.165, 1.54) is 63.7 Å². The van der Waals surface area contributed by atoms with Crippen molar-refractivity contribution in [2.24, 2.45) is 17.3 Å². The van der Waals surface area contributed by atoms with Crippen LogP contribution in [-0.4, -0.2) is 40.3 Å². The zero-order valence-corrected chi connectivity index (χ0v) is 19.2. The molecule has 6 heteroatoms. The number of hydrogen-bond acceptors (Lipinski definition) is 4. The van der Waals surface area contributed by atoms with Crippen LogP contribution in [0.4, 0.5) is 10.2 Å². The molecule has 3 fully saturated rings. The molecule has 3 aliphatic rings. The van der Waals surface area contributed by atoms with E-state index < -0.39 is 0 Å². The number of nitrogens with one attached hydrogen (secondary N) is 1. The molecule has 0 spiro atoms. The molecule has 2 heterocycles. The molecular formula is C25H32ClFN4. The second kappa shape index (κ2) is 8.32. The molecule has 1 aromatic carbocycles. The maximum absolute atomic E-state index is 13.6. The van der Waals surface area contributed by atoms with Gasteiger partial charge in [0.05, 0.1) is 10.7 Å². The van der Waals surface area contributed by atoms with Crippen molar-refractivity contribution in [2.45, 2.75) is 64.5 Å². The molecule has 2 aromatic rings. The van der Waals surface area contributed by atoms with Gasteiger partial charge >= 0.3 is 0 Å². The molecule has 1 aliphatic heterocycles. The van der Waals surface area contributed by atoms with Gasteiger partial charge in [-0.15, -0.1) is 10.2 Å². The Labute approximate surface area is 189 Å². The van der Waals surface area contributed by atoms with Crippen LogP contribution in [0.3, 0.4) is 0 Å². The Balaban J connectivity index is 1.15. The maximum atomic E-state index is 13.6. The fourth-order valence-electron chi connectivity index (χ4n) is 5.96. The summed E-state index contributed by atoms with van der Waals surface area (Å²) in [4.78, 5) is 2.79. The average Bonchev–Trinajstić information content (AvgIpc) is 3.29. The van der Waals surface area contributed by atoms with Crippen LogP contribution in [0.1, 0.15) is 52.4 Å². The largest absolute Gasteiger partial charge is 0.366 e. The van der Waals surface area contributed by atoms with Gasteiger partial charge in [0.1, 0.15) is 11.6 Å². The Morgan fingerprint density at radius 3 is 2.39 bits per heavy atom. The number of hydrogen-bond donors (Lipinski definition) is 1. The summed E-state index contributed by atoms with van der Waals surface area (Å²) in [7, 11) is 0. The highest BCUT2D eigenvalue weighted by Gasteiger charge is 2.43. The molecule has 0 unspecified atom stereocenters. The molecule has 5 rings (SSSR count). The highest BCUT2D eigenvalue weighted by molar-refractivity contribution is 6.33. The molecule has 0 radical (unpaired) electrons. The lowest BCUT2D eigenvalue weighted by Crippen LogP contribution is -2.39. The molecule has 1 N–H and O–H groups in total. The number of nitrogens with zero attached hydrogens (tertiary/aromatic N) is 3. The fourth-order valence-corrected chi connectivity index (χ4v) is 6.17. The summed E-state index contributed by atoms with van der Waals surface area (Å²) in [6.07, 6.45) is 7.88. The van der Waals surface area contributed by atoms with E-state index >= 15 is 0 Å². The van der Waals surface area contributed by atoms with E-state index in [9.17, 15) is 4.39 Å². The number of rotatable bonds is 4. The van der Waals surface area contributed by atoms with Crippen LogP contribution in [0.15, 0.2) is 30.3 Å². The molecule has 2 saturated carbocycles. The van der Waals surface area contributed by atoms with Crippen LogP contribution < -0.4 is 5.32 Å². The predicted octanol–water partition coefficient (Wildman–Crippen LogP) is 6.03. The first-order valence-corrected chi connectivity index (χ1v) is 12.0. The van der Waals surface area contributed by atoms with E-state index in [-0.39, 0.29) is 5.82 Å². The van der Waals surface area contributed by atoms with Gasteiger partial charge in [-0.25, -0.2) is 4.39 Å². The SMILES string of the molecule is CC1(C)CCC(N2C[C@H]3C[C@@H](Nc4ccc(-c5cc(F)ccc5Cl)nn4)C[C@H]3C2)CC1. The van der Waals surface area contributed by atoms with Crippen molar-refractivity contribution < 1.29 is 4.39 Å². The van der Waals surface area contributed by atoms with Crippen LogP contribution in [-0.2, 0) is 0 Å². The number of aromatic nitrogens is 2. The smallest absolute Gasteiger partial charge is 0.148 e. The van der Waals surface area contributed by atoms with E-state index in [4.69, 9.17) is 11.6 Å². The van der Waals surface area contributed by atoms with E-state index in [1.54, 1.807) is 6.07 Å². The number of fused-ring (bicyclic) bond motifs is 1. The number of likely N-dealkylation sites (tertiary alicyclic amines) is 1. The van der Waals surface area contributed by atoms with Crippen molar-refractivity contribution in [3.8, 4) is 11.3 Å². The molecule has 1 aromatic heterocycles. The Hall–Kier alpha value is -1.72. The van der Waals surface area contributed by atoms with Crippen LogP contribution in [0.2, 0.25) is 5.02 Å². The predicted molar refractivity (Wildman–Crippen MR) is 124 cm³/mol. The second-order valence-corrected chi connectivity index (χ2v) is 11.0. The van der Waals surface area contributed by atoms with Gasteiger partial charge in [-0.3, -0.25) is 4.90 Å². The van der Waals surface area contributed by atoms with E-state index in [0.29, 0.717) is 27.7 Å². The lowest BCUT2D eigenvalue weighted by molar-refractivity contribution is 0.119. The lowest BCUT2D eigenvalue weighted by atomic mass is 9.75. The molecule has 0 bridgehead atoms. The normalized spacial score (nSPS) is 28.6. The Morgan fingerprint density at radius 1 is 1.03 bits per heavy atom. The fraction of sp³-hybridized carbons (Fsp3) is 0.600. The van der Waals surface area contributed by atoms with Crippen LogP contribution in [0.25, 0.3) is 11.3 Å². The van der Waals surface area contributed by atoms with Gasteiger partial charge in [-0.05, 0) is 86.1 Å². The van der Waals surface area contributed by atoms with Crippen molar-refractivity contribution in [2.75, 3.05) is 18.4 Å². The zero-order chi connectivity index (χ0) is 21.6. The highest BCUT2D eigenvalue weighted by atomic mass is 35.5. The first-order chi connectivity index (χ1) is 14.9. The Kier molecular flexibility index (Phi) is 5.68. The van der Waals surface area contributed by atoms with Crippen molar-refractivity contribution in [1.82, 2.24) is 15.1 Å². The van der Waals surface area contributed by atoms with E-state index in [1.807, 2.05) is 12.1 Å². The van der Waals surface area contributed by atoms with Gasteiger partial charge < -0.3 is 5.32 Å². The summed E-state index contributed by atoms with van der Waals surface area (Å²) in [5.41, 5.74) is 1.70. The second-order valence-electron chi connectivity index (χ2n) is 10.6. The number of halogens is 2. The van der Waals surface area contributed by atoms with Crippen LogP contribution in [0.5, 0.6) is 0 Å². The number of benzene rings is 1. The molecule has 166 valence electrons. The van der Waals surface area contributed by atoms with Gasteiger partial charge in [0, 0.05) is 30.7 Å². The molecule has 4 nitrogen and oxygen atoms in total. The molecular weight excluding hydrogens is 411 g/mol. The Bertz CT molecular complexity index is 908. The van der Waals surface area contributed by atoms with Gasteiger partial charge in [0.25, 0.3) is 0 Å². The van der Waals surface area contributed by atoms with Gasteiger partial charge in [0.15, 0.2) is 0 Å². The van der Waals surface area contributed by atoms with Gasteiger partial charge in [0.2, 0.25) is 0 Å². The average molecular weight is 443 g/mol. The minimum absolute atomic E-state index is 0.327. The van der Waals surface area contributed by atoms with Gasteiger partial charge in [-0.1, -0.05) is 25.4 Å². The molecule has 2 aliphatic carbocycles. The van der Waals surface area contributed by atoms with E-state index in [0.717, 1.165) is 23.7 Å². The van der Waals surface area contributed by atoms with Crippen molar-refractivity contribution in [3.63, 3.8) is 0 Å². The van der Waals surface area contributed by atoms with Crippen LogP contribution >= 0.6 is 11.6 Å². The minimum Gasteiger partial charge on any atom is -0.366 e. The highest BCUT2D eigenvalue weighted by Crippen LogP contribution is 2.43. The van der Waals surface area contributed by atoms with Crippen molar-refractivity contribution in [3.05, 3.63) is 41.2 Å². The number of anilines is 1. The standard InChI is InChI=1S/C25H32ClFN4/c1-25(2)9-7-20(8-10-25)31-14-16-11-19(12-17(16)15-31)28-24-6-5-23(29-30-24)21-13-18(27)3-4-22(21)26/h3-6,13,16-17,19-20H,7-12,14-15H2,1-2H3,(H,28,30)/t16-,17+,19-. The quantitative estimate of drug-likeness (QED) is 0.627. The Morgan fingerprint density at radius 2 is 1.74 bits per heavy atom. The molecule has 3 atom stereocenters. The monoisotopic (exact) mass is 442 g/mol. The minimum atomic E-state index is -0.327. The summed E-state index contributed by atoms with van der Waals surface area (Å²) < 4.78 is 13.6. The zero-order valence-electron chi connectivity index (χ0n) is 18.5. The maximum Gasteiger partial charge on any atom is 0.148 e. The van der Waals surface area contributed by atoms with Gasteiger partial charge in [-0.2, -0.15) is 0 Å². The van der Waals surface area contributed by atoms with Crippen LogP contribution in [0, 0.1) is 23.1 Å². The third kappa shape index (κ3) is 4.58. The topological polar surface area (TPSA) is 41.0 Å². The van der Waals surface area contributed by atoms with E-state index in [2.05, 4.69) is 34.3 Å². The summed E-state index contributed by atoms with van der Waals surface area (Å²) >= 11 is 6.19. The first-order valence-electron chi connectivity index (χ1n) is 11.7. The first kappa shape index (κ1) is 21.1. The summed E-state index contributed by atoms with van der Waals surface area (Å²) in [5, 5.41) is 12.7. The summed E-state index contributed by atoms with van der Waals surface area (Å²) in [5.74, 6) is 2.05. The summed E-state index contributed by atoms with van der Waals surface area (Å²) in [6, 6.07) is 9.35. The molecule has 31 heavy (non-hydrogen) atoms. The van der Waals surface area contributed by atoms with Crippen molar-refractivity contribution in [1.29, 1.82) is 0 Å². The third-order valence-electron chi connectivity index (χ3n) is 7.83. The van der Waals surface area contributed by atoms with Crippen molar-refractivity contribution >= 4 is 17.4 Å².